The third-order valence-electron chi connectivity index (χ3n) is 8.23. The van der Waals surface area contributed by atoms with Crippen LogP contribution in [-0.2, 0) is 19.6 Å². The summed E-state index contributed by atoms with van der Waals surface area (Å²) in [4.78, 5) is 0. The zero-order valence-electron chi connectivity index (χ0n) is 25.5. The second-order valence-corrected chi connectivity index (χ2v) is 11.9. The fourth-order valence-corrected chi connectivity index (χ4v) is 6.01. The van der Waals surface area contributed by atoms with Crippen molar-refractivity contribution in [2.45, 2.75) is 116 Å². The van der Waals surface area contributed by atoms with E-state index in [-0.39, 0.29) is 0 Å². The van der Waals surface area contributed by atoms with Gasteiger partial charge in [0.05, 0.1) is 6.54 Å². The van der Waals surface area contributed by atoms with Crippen LogP contribution in [0.4, 0.5) is 0 Å². The van der Waals surface area contributed by atoms with E-state index in [1.807, 2.05) is 0 Å². The van der Waals surface area contributed by atoms with Gasteiger partial charge in [-0.05, 0) is 38.5 Å². The fraction of sp³-hybridized carbons (Fsp3) is 0.487. The van der Waals surface area contributed by atoms with Crippen molar-refractivity contribution in [3.63, 3.8) is 0 Å². The SMILES string of the molecule is CCCCCC/C=C/CCCCCCCCCC[N+](Cc1ccccc1)(Cc1ccccc1)Cc1ccccc1. The summed E-state index contributed by atoms with van der Waals surface area (Å²) in [6.45, 7) is 6.75. The third-order valence-corrected chi connectivity index (χ3v) is 8.23. The molecule has 0 unspecified atom stereocenters. The summed E-state index contributed by atoms with van der Waals surface area (Å²) < 4.78 is 1.09. The second-order valence-electron chi connectivity index (χ2n) is 11.9. The van der Waals surface area contributed by atoms with Crippen LogP contribution in [0.2, 0.25) is 0 Å². The molecule has 1 heteroatoms. The lowest BCUT2D eigenvalue weighted by molar-refractivity contribution is -0.966. The summed E-state index contributed by atoms with van der Waals surface area (Å²) in [5.41, 5.74) is 4.34. The summed E-state index contributed by atoms with van der Waals surface area (Å²) in [6, 6.07) is 33.5. The Morgan fingerprint density at radius 3 is 1.18 bits per heavy atom. The van der Waals surface area contributed by atoms with Gasteiger partial charge in [0.15, 0.2) is 0 Å². The van der Waals surface area contributed by atoms with Crippen LogP contribution >= 0.6 is 0 Å². The first kappa shape index (κ1) is 31.9. The molecule has 1 nitrogen and oxygen atoms in total. The molecule has 0 saturated heterocycles. The molecule has 3 aromatic carbocycles. The zero-order valence-corrected chi connectivity index (χ0v) is 25.5. The van der Waals surface area contributed by atoms with E-state index in [9.17, 15) is 0 Å². The predicted molar refractivity (Wildman–Crippen MR) is 175 cm³/mol. The summed E-state index contributed by atoms with van der Waals surface area (Å²) in [5.74, 6) is 0. The van der Waals surface area contributed by atoms with Crippen LogP contribution in [0.5, 0.6) is 0 Å². The second kappa shape index (κ2) is 20.3. The van der Waals surface area contributed by atoms with Gasteiger partial charge in [-0.2, -0.15) is 0 Å². The number of allylic oxidation sites excluding steroid dienone is 2. The maximum absolute atomic E-state index is 2.43. The molecule has 3 rings (SSSR count). The molecule has 0 fully saturated rings. The summed E-state index contributed by atoms with van der Waals surface area (Å²) >= 11 is 0. The Morgan fingerprint density at radius 2 is 0.775 bits per heavy atom. The van der Waals surface area contributed by atoms with Crippen molar-refractivity contribution in [3.8, 4) is 0 Å². The van der Waals surface area contributed by atoms with E-state index < -0.39 is 0 Å². The van der Waals surface area contributed by atoms with Crippen LogP contribution in [0.25, 0.3) is 0 Å². The van der Waals surface area contributed by atoms with Gasteiger partial charge in [-0.15, -0.1) is 0 Å². The molecule has 0 aliphatic heterocycles. The number of unbranched alkanes of at least 4 members (excludes halogenated alkanes) is 12. The van der Waals surface area contributed by atoms with Crippen LogP contribution < -0.4 is 0 Å². The first-order valence-corrected chi connectivity index (χ1v) is 16.4. The van der Waals surface area contributed by atoms with Gasteiger partial charge >= 0.3 is 0 Å². The van der Waals surface area contributed by atoms with Crippen LogP contribution in [0.3, 0.4) is 0 Å². The Bertz CT molecular complexity index is 907. The molecule has 0 aliphatic rings. The van der Waals surface area contributed by atoms with E-state index in [0.717, 1.165) is 24.1 Å². The lowest BCUT2D eigenvalue weighted by Gasteiger charge is -2.39. The number of quaternary nitrogens is 1. The third kappa shape index (κ3) is 13.6. The van der Waals surface area contributed by atoms with Gasteiger partial charge in [-0.3, -0.25) is 0 Å². The molecule has 0 radical (unpaired) electrons. The lowest BCUT2D eigenvalue weighted by atomic mass is 10.0. The molecule has 0 amide bonds. The molecule has 0 atom stereocenters. The first-order valence-electron chi connectivity index (χ1n) is 16.4. The van der Waals surface area contributed by atoms with Crippen molar-refractivity contribution in [2.24, 2.45) is 0 Å². The first-order chi connectivity index (χ1) is 19.8. The van der Waals surface area contributed by atoms with Crippen molar-refractivity contribution in [1.82, 2.24) is 0 Å². The molecule has 0 aliphatic carbocycles. The Kier molecular flexibility index (Phi) is 16.2. The van der Waals surface area contributed by atoms with E-state index in [2.05, 4.69) is 110 Å². The molecule has 216 valence electrons. The van der Waals surface area contributed by atoms with Crippen LogP contribution in [0.1, 0.15) is 114 Å². The predicted octanol–water partition coefficient (Wildman–Crippen LogP) is 11.4. The van der Waals surface area contributed by atoms with Crippen molar-refractivity contribution in [2.75, 3.05) is 6.54 Å². The monoisotopic (exact) mass is 538 g/mol. The number of nitrogens with zero attached hydrogens (tertiary/aromatic N) is 1. The quantitative estimate of drug-likeness (QED) is 0.0678. The number of benzene rings is 3. The normalized spacial score (nSPS) is 11.8. The van der Waals surface area contributed by atoms with E-state index in [0.29, 0.717) is 0 Å². The van der Waals surface area contributed by atoms with E-state index in [1.165, 1.54) is 113 Å². The van der Waals surface area contributed by atoms with Gasteiger partial charge in [0.25, 0.3) is 0 Å². The van der Waals surface area contributed by atoms with Gasteiger partial charge in [-0.1, -0.05) is 161 Å². The van der Waals surface area contributed by atoms with Crippen molar-refractivity contribution in [3.05, 3.63) is 120 Å². The van der Waals surface area contributed by atoms with Crippen LogP contribution in [-0.4, -0.2) is 11.0 Å². The van der Waals surface area contributed by atoms with Gasteiger partial charge in [0.1, 0.15) is 19.6 Å². The minimum Gasteiger partial charge on any atom is -0.312 e. The summed E-state index contributed by atoms with van der Waals surface area (Å²) in [7, 11) is 0. The van der Waals surface area contributed by atoms with Crippen molar-refractivity contribution in [1.29, 1.82) is 0 Å². The average molecular weight is 539 g/mol. The highest BCUT2D eigenvalue weighted by Crippen LogP contribution is 2.26. The largest absolute Gasteiger partial charge is 0.312 e. The average Bonchev–Trinajstić information content (AvgIpc) is 2.98. The summed E-state index contributed by atoms with van der Waals surface area (Å²) in [5, 5.41) is 0. The highest BCUT2D eigenvalue weighted by molar-refractivity contribution is 5.17. The Hall–Kier alpha value is -2.64. The maximum Gasteiger partial charge on any atom is 0.105 e. The fourth-order valence-electron chi connectivity index (χ4n) is 6.01. The van der Waals surface area contributed by atoms with Gasteiger partial charge in [-0.25, -0.2) is 0 Å². The molecule has 40 heavy (non-hydrogen) atoms. The highest BCUT2D eigenvalue weighted by Gasteiger charge is 2.28. The number of hydrogen-bond donors (Lipinski definition) is 0. The minimum atomic E-state index is 1.08. The number of hydrogen-bond acceptors (Lipinski definition) is 0. The van der Waals surface area contributed by atoms with Gasteiger partial charge in [0.2, 0.25) is 0 Å². The standard InChI is InChI=1S/C39H56N/c1-2-3-4-5-6-7-8-9-10-11-12-13-14-15-16-26-33-40(34-37-27-20-17-21-28-37,35-38-29-22-18-23-30-38)36-39-31-24-19-25-32-39/h7-8,17-25,27-32H,2-6,9-16,26,33-36H2,1H3/q+1/b8-7+. The van der Waals surface area contributed by atoms with E-state index in [4.69, 9.17) is 0 Å². The smallest absolute Gasteiger partial charge is 0.105 e. The highest BCUT2D eigenvalue weighted by atomic mass is 15.3. The van der Waals surface area contributed by atoms with Crippen molar-refractivity contribution >= 4 is 0 Å². The lowest BCUT2D eigenvalue weighted by Crippen LogP contribution is -2.46. The zero-order chi connectivity index (χ0) is 28.0. The molecule has 0 saturated carbocycles. The number of rotatable bonds is 22. The molecular weight excluding hydrogens is 482 g/mol. The van der Waals surface area contributed by atoms with Crippen molar-refractivity contribution < 1.29 is 4.48 Å². The topological polar surface area (TPSA) is 0 Å². The molecule has 0 heterocycles. The Morgan fingerprint density at radius 1 is 0.425 bits per heavy atom. The molecular formula is C39H56N+. The van der Waals surface area contributed by atoms with E-state index in [1.54, 1.807) is 0 Å². The molecule has 0 spiro atoms. The molecule has 0 N–H and O–H groups in total. The Labute approximate surface area is 246 Å². The minimum absolute atomic E-state index is 1.08. The molecule has 0 bridgehead atoms. The van der Waals surface area contributed by atoms with Crippen LogP contribution in [0.15, 0.2) is 103 Å². The molecule has 0 aromatic heterocycles. The van der Waals surface area contributed by atoms with Gasteiger partial charge < -0.3 is 4.48 Å². The van der Waals surface area contributed by atoms with Gasteiger partial charge in [0, 0.05) is 16.7 Å². The van der Waals surface area contributed by atoms with Crippen LogP contribution in [0, 0.1) is 0 Å². The van der Waals surface area contributed by atoms with E-state index >= 15 is 0 Å². The Balaban J connectivity index is 1.44. The molecule has 3 aromatic rings. The maximum atomic E-state index is 2.43. The summed E-state index contributed by atoms with van der Waals surface area (Å²) in [6.07, 6.45) is 23.9.